The lowest BCUT2D eigenvalue weighted by Gasteiger charge is -2.14. The van der Waals surface area contributed by atoms with Gasteiger partial charge in [-0.3, -0.25) is 0 Å². The third-order valence-corrected chi connectivity index (χ3v) is 9.78. The van der Waals surface area contributed by atoms with Crippen molar-refractivity contribution >= 4 is 0 Å². The molecule has 0 fully saturated rings. The summed E-state index contributed by atoms with van der Waals surface area (Å²) in [4.78, 5) is 15.6. The van der Waals surface area contributed by atoms with Gasteiger partial charge < -0.3 is 0 Å². The van der Waals surface area contributed by atoms with Crippen LogP contribution in [0.3, 0.4) is 0 Å². The zero-order valence-electron chi connectivity index (χ0n) is 29.5. The van der Waals surface area contributed by atoms with E-state index in [1.165, 1.54) is 11.1 Å². The predicted molar refractivity (Wildman–Crippen MR) is 223 cm³/mol. The minimum absolute atomic E-state index is 0.621. The molecule has 0 radical (unpaired) electrons. The van der Waals surface area contributed by atoms with Gasteiger partial charge in [0.05, 0.1) is 0 Å². The van der Waals surface area contributed by atoms with Crippen LogP contribution in [0.5, 0.6) is 0 Å². The first-order chi connectivity index (χ1) is 26.7. The van der Waals surface area contributed by atoms with Crippen molar-refractivity contribution in [1.82, 2.24) is 15.0 Å². The van der Waals surface area contributed by atoms with E-state index in [0.717, 1.165) is 61.2 Å². The second-order valence-corrected chi connectivity index (χ2v) is 13.3. The quantitative estimate of drug-likeness (QED) is 0.159. The number of benzene rings is 8. The molecular weight excluding hydrogens is 655 g/mol. The van der Waals surface area contributed by atoms with Gasteiger partial charge in [-0.15, -0.1) is 0 Å². The van der Waals surface area contributed by atoms with Crippen LogP contribution in [0.4, 0.5) is 0 Å². The molecule has 0 unspecified atom stereocenters. The summed E-state index contributed by atoms with van der Waals surface area (Å²) in [5.74, 6) is 1.87. The van der Waals surface area contributed by atoms with E-state index < -0.39 is 0 Å². The van der Waals surface area contributed by atoms with E-state index in [-0.39, 0.29) is 0 Å². The summed E-state index contributed by atoms with van der Waals surface area (Å²) in [5, 5.41) is 0. The lowest BCUT2D eigenvalue weighted by atomic mass is 9.94. The maximum Gasteiger partial charge on any atom is 0.164 e. The van der Waals surface area contributed by atoms with Crippen LogP contribution in [-0.4, -0.2) is 15.0 Å². The van der Waals surface area contributed by atoms with Crippen molar-refractivity contribution in [3.05, 3.63) is 212 Å². The maximum atomic E-state index is 5.23. The van der Waals surface area contributed by atoms with Crippen molar-refractivity contribution < 1.29 is 0 Å². The fourth-order valence-corrected chi connectivity index (χ4v) is 6.93. The Balaban J connectivity index is 1.17. The van der Waals surface area contributed by atoms with Gasteiger partial charge >= 0.3 is 0 Å². The third kappa shape index (κ3) is 6.87. The third-order valence-electron chi connectivity index (χ3n) is 9.78. The summed E-state index contributed by atoms with van der Waals surface area (Å²) in [6.07, 6.45) is 0. The molecule has 1 heterocycles. The number of nitrogens with zero attached hydrogens (tertiary/aromatic N) is 3. The molecular formula is C51H35N3. The zero-order valence-corrected chi connectivity index (χ0v) is 29.5. The largest absolute Gasteiger partial charge is 0.208 e. The van der Waals surface area contributed by atoms with Gasteiger partial charge in [0.15, 0.2) is 17.5 Å². The maximum absolute atomic E-state index is 5.23. The molecule has 0 aliphatic heterocycles. The van der Waals surface area contributed by atoms with Gasteiger partial charge in [0.1, 0.15) is 0 Å². The van der Waals surface area contributed by atoms with Crippen molar-refractivity contribution in [1.29, 1.82) is 0 Å². The predicted octanol–water partition coefficient (Wildman–Crippen LogP) is 13.2. The van der Waals surface area contributed by atoms with E-state index in [1.54, 1.807) is 0 Å². The fraction of sp³-hybridized carbons (Fsp3) is 0. The molecule has 254 valence electrons. The molecule has 8 aromatic carbocycles. The van der Waals surface area contributed by atoms with Gasteiger partial charge in [-0.05, 0) is 67.8 Å². The first-order valence-corrected chi connectivity index (χ1v) is 18.2. The Morgan fingerprint density at radius 2 is 0.519 bits per heavy atom. The lowest BCUT2D eigenvalue weighted by Crippen LogP contribution is -2.01. The second-order valence-electron chi connectivity index (χ2n) is 13.3. The molecule has 3 nitrogen and oxygen atoms in total. The molecule has 9 aromatic rings. The number of hydrogen-bond acceptors (Lipinski definition) is 3. The Morgan fingerprint density at radius 1 is 0.185 bits per heavy atom. The van der Waals surface area contributed by atoms with E-state index in [4.69, 9.17) is 15.0 Å². The Hall–Kier alpha value is -7.23. The van der Waals surface area contributed by atoms with Crippen LogP contribution in [0, 0.1) is 0 Å². The van der Waals surface area contributed by atoms with E-state index >= 15 is 0 Å². The Labute approximate surface area is 316 Å². The molecule has 54 heavy (non-hydrogen) atoms. The molecule has 0 aliphatic carbocycles. The van der Waals surface area contributed by atoms with Gasteiger partial charge in [-0.1, -0.05) is 200 Å². The summed E-state index contributed by atoms with van der Waals surface area (Å²) in [7, 11) is 0. The second kappa shape index (κ2) is 14.8. The monoisotopic (exact) mass is 689 g/mol. The van der Waals surface area contributed by atoms with Crippen LogP contribution < -0.4 is 0 Å². The van der Waals surface area contributed by atoms with Gasteiger partial charge in [-0.2, -0.15) is 0 Å². The standard InChI is InChI=1S/C51H35N3/c1-5-14-36(15-6-1)39-24-26-40(27-25-39)41-28-30-43(31-29-41)49-52-50(46-23-13-22-44(34-46)37-16-7-2-8-17-37)54-51(53-49)48-35-45(38-18-9-3-10-19-38)32-33-47(48)42-20-11-4-12-21-42/h1-35H. The highest BCUT2D eigenvalue weighted by molar-refractivity contribution is 5.86. The fourth-order valence-electron chi connectivity index (χ4n) is 6.93. The van der Waals surface area contributed by atoms with Crippen LogP contribution in [0.1, 0.15) is 0 Å². The summed E-state index contributed by atoms with van der Waals surface area (Å²) < 4.78 is 0. The SMILES string of the molecule is c1ccc(-c2ccc(-c3ccc(-c4nc(-c5cccc(-c6ccccc6)c5)nc(-c5cc(-c6ccccc6)ccc5-c5ccccc5)n4)cc3)cc2)cc1. The highest BCUT2D eigenvalue weighted by Crippen LogP contribution is 2.37. The van der Waals surface area contributed by atoms with Crippen LogP contribution in [-0.2, 0) is 0 Å². The van der Waals surface area contributed by atoms with Gasteiger partial charge in [0.25, 0.3) is 0 Å². The molecule has 3 heteroatoms. The molecule has 0 saturated carbocycles. The number of hydrogen-bond donors (Lipinski definition) is 0. The Bertz CT molecular complexity index is 2660. The van der Waals surface area contributed by atoms with Crippen molar-refractivity contribution in [3.63, 3.8) is 0 Å². The highest BCUT2D eigenvalue weighted by atomic mass is 15.0. The molecule has 0 spiro atoms. The van der Waals surface area contributed by atoms with E-state index in [0.29, 0.717) is 17.5 Å². The zero-order chi connectivity index (χ0) is 36.1. The normalized spacial score (nSPS) is 11.0. The summed E-state index contributed by atoms with van der Waals surface area (Å²) in [6.45, 7) is 0. The molecule has 0 atom stereocenters. The Kier molecular flexibility index (Phi) is 8.94. The molecule has 0 aliphatic rings. The molecule has 0 amide bonds. The topological polar surface area (TPSA) is 38.7 Å². The molecule has 0 N–H and O–H groups in total. The van der Waals surface area contributed by atoms with Crippen LogP contribution in [0.2, 0.25) is 0 Å². The number of aromatic nitrogens is 3. The van der Waals surface area contributed by atoms with Crippen LogP contribution in [0.15, 0.2) is 212 Å². The molecule has 1 aromatic heterocycles. The van der Waals surface area contributed by atoms with Crippen LogP contribution >= 0.6 is 0 Å². The Morgan fingerprint density at radius 3 is 1.04 bits per heavy atom. The van der Waals surface area contributed by atoms with Crippen LogP contribution in [0.25, 0.3) is 89.8 Å². The lowest BCUT2D eigenvalue weighted by molar-refractivity contribution is 1.07. The summed E-state index contributed by atoms with van der Waals surface area (Å²) in [5.41, 5.74) is 14.1. The van der Waals surface area contributed by atoms with E-state index in [1.807, 2.05) is 24.3 Å². The number of rotatable bonds is 8. The minimum Gasteiger partial charge on any atom is -0.208 e. The molecule has 0 bridgehead atoms. The van der Waals surface area contributed by atoms with Crippen molar-refractivity contribution in [3.8, 4) is 89.8 Å². The first kappa shape index (κ1) is 32.7. The van der Waals surface area contributed by atoms with Crippen molar-refractivity contribution in [2.45, 2.75) is 0 Å². The van der Waals surface area contributed by atoms with E-state index in [2.05, 4.69) is 188 Å². The van der Waals surface area contributed by atoms with Gasteiger partial charge in [0.2, 0.25) is 0 Å². The summed E-state index contributed by atoms with van der Waals surface area (Å²) in [6, 6.07) is 74.1. The van der Waals surface area contributed by atoms with Crippen molar-refractivity contribution in [2.24, 2.45) is 0 Å². The first-order valence-electron chi connectivity index (χ1n) is 18.2. The average Bonchev–Trinajstić information content (AvgIpc) is 3.27. The van der Waals surface area contributed by atoms with E-state index in [9.17, 15) is 0 Å². The minimum atomic E-state index is 0.621. The summed E-state index contributed by atoms with van der Waals surface area (Å²) >= 11 is 0. The van der Waals surface area contributed by atoms with Gasteiger partial charge in [0, 0.05) is 16.7 Å². The van der Waals surface area contributed by atoms with Gasteiger partial charge in [-0.25, -0.2) is 15.0 Å². The highest BCUT2D eigenvalue weighted by Gasteiger charge is 2.18. The molecule has 0 saturated heterocycles. The van der Waals surface area contributed by atoms with Crippen molar-refractivity contribution in [2.75, 3.05) is 0 Å². The average molecular weight is 690 g/mol. The molecule has 9 rings (SSSR count). The smallest absolute Gasteiger partial charge is 0.164 e.